The lowest BCUT2D eigenvalue weighted by atomic mass is 10.1. The van der Waals surface area contributed by atoms with Crippen molar-refractivity contribution in [3.05, 3.63) is 48.6 Å². The van der Waals surface area contributed by atoms with Crippen molar-refractivity contribution < 1.29 is 31.1 Å². The predicted octanol–water partition coefficient (Wildman–Crippen LogP) is 4.42. The first-order chi connectivity index (χ1) is 8.72. The van der Waals surface area contributed by atoms with Gasteiger partial charge in [-0.3, -0.25) is 0 Å². The van der Waals surface area contributed by atoms with Crippen LogP contribution < -0.4 is 0 Å². The Labute approximate surface area is 105 Å². The highest BCUT2D eigenvalue weighted by Crippen LogP contribution is 2.43. The maximum atomic E-state index is 13.4. The zero-order valence-corrected chi connectivity index (χ0v) is 9.50. The van der Waals surface area contributed by atoms with Crippen LogP contribution in [0, 0.1) is 0 Å². The molecule has 0 aliphatic carbocycles. The lowest BCUT2D eigenvalue weighted by molar-refractivity contribution is -0.377. The Bertz CT molecular complexity index is 416. The van der Waals surface area contributed by atoms with E-state index in [0.717, 1.165) is 6.08 Å². The minimum Gasteiger partial charge on any atom is -0.322 e. The predicted molar refractivity (Wildman–Crippen MR) is 56.4 cm³/mol. The molecule has 1 nitrogen and oxygen atoms in total. The Morgan fingerprint density at radius 1 is 1.05 bits per heavy atom. The van der Waals surface area contributed by atoms with Gasteiger partial charge in [-0.15, -0.1) is 6.58 Å². The van der Waals surface area contributed by atoms with Crippen LogP contribution in [0.3, 0.4) is 0 Å². The third-order valence-electron chi connectivity index (χ3n) is 2.31. The van der Waals surface area contributed by atoms with Gasteiger partial charge in [0, 0.05) is 0 Å². The number of hydrogen-bond donors (Lipinski definition) is 0. The summed E-state index contributed by atoms with van der Waals surface area (Å²) in [5.74, 6) is -5.04. The average molecular weight is 284 g/mol. The van der Waals surface area contributed by atoms with E-state index in [1.54, 1.807) is 6.07 Å². The van der Waals surface area contributed by atoms with Crippen LogP contribution in [-0.4, -0.2) is 18.5 Å². The standard InChI is InChI=1S/C12H10F6O/c1-2-9(8-6-4-3-5-7-8)19-11(15,10(13)14)12(16,17)18/h2-7,9-10H,1H2. The fourth-order valence-electron chi connectivity index (χ4n) is 1.32. The Kier molecular flexibility index (Phi) is 4.62. The number of hydrogen-bond acceptors (Lipinski definition) is 1. The molecule has 2 unspecified atom stereocenters. The van der Waals surface area contributed by atoms with Crippen LogP contribution in [0.5, 0.6) is 0 Å². The number of alkyl halides is 6. The van der Waals surface area contributed by atoms with Gasteiger partial charge >= 0.3 is 18.5 Å². The van der Waals surface area contributed by atoms with E-state index < -0.39 is 24.6 Å². The molecule has 0 heterocycles. The van der Waals surface area contributed by atoms with Gasteiger partial charge in [0.15, 0.2) is 0 Å². The summed E-state index contributed by atoms with van der Waals surface area (Å²) in [6.07, 6.45) is -11.0. The third-order valence-corrected chi connectivity index (χ3v) is 2.31. The molecule has 19 heavy (non-hydrogen) atoms. The largest absolute Gasteiger partial charge is 0.454 e. The van der Waals surface area contributed by atoms with Gasteiger partial charge in [0.25, 0.3) is 0 Å². The first-order valence-electron chi connectivity index (χ1n) is 5.11. The molecule has 0 aromatic heterocycles. The maximum Gasteiger partial charge on any atom is 0.454 e. The summed E-state index contributed by atoms with van der Waals surface area (Å²) in [5.41, 5.74) is 0.0874. The lowest BCUT2D eigenvalue weighted by Gasteiger charge is -2.30. The molecular formula is C12H10F6O. The molecule has 0 amide bonds. The van der Waals surface area contributed by atoms with Gasteiger partial charge in [0.2, 0.25) is 0 Å². The molecule has 0 aliphatic rings. The van der Waals surface area contributed by atoms with E-state index >= 15 is 0 Å². The second kappa shape index (κ2) is 5.64. The van der Waals surface area contributed by atoms with Crippen molar-refractivity contribution in [3.63, 3.8) is 0 Å². The summed E-state index contributed by atoms with van der Waals surface area (Å²) < 4.78 is 79.1. The molecule has 0 spiro atoms. The molecule has 106 valence electrons. The molecule has 0 radical (unpaired) electrons. The molecule has 0 saturated carbocycles. The minimum absolute atomic E-state index is 0.0874. The lowest BCUT2D eigenvalue weighted by Crippen LogP contribution is -2.50. The molecule has 0 N–H and O–H groups in total. The SMILES string of the molecule is C=CC(OC(F)(C(F)F)C(F)(F)F)c1ccccc1. The minimum atomic E-state index is -5.85. The average Bonchev–Trinajstić information content (AvgIpc) is 2.35. The highest BCUT2D eigenvalue weighted by Gasteiger charge is 2.65. The summed E-state index contributed by atoms with van der Waals surface area (Å²) in [5, 5.41) is 0. The van der Waals surface area contributed by atoms with E-state index in [9.17, 15) is 26.3 Å². The molecule has 1 aromatic carbocycles. The number of rotatable bonds is 5. The van der Waals surface area contributed by atoms with Crippen molar-refractivity contribution in [2.75, 3.05) is 0 Å². The van der Waals surface area contributed by atoms with Crippen LogP contribution in [0.25, 0.3) is 0 Å². The van der Waals surface area contributed by atoms with Gasteiger partial charge in [-0.25, -0.2) is 8.78 Å². The Balaban J connectivity index is 3.05. The van der Waals surface area contributed by atoms with Gasteiger partial charge in [0.05, 0.1) is 0 Å². The zero-order chi connectivity index (χ0) is 14.7. The molecule has 0 fully saturated rings. The number of ether oxygens (including phenoxy) is 1. The van der Waals surface area contributed by atoms with Crippen molar-refractivity contribution >= 4 is 0 Å². The molecule has 0 aliphatic heterocycles. The van der Waals surface area contributed by atoms with Gasteiger partial charge in [-0.1, -0.05) is 36.4 Å². The van der Waals surface area contributed by atoms with Crippen LogP contribution >= 0.6 is 0 Å². The van der Waals surface area contributed by atoms with E-state index in [-0.39, 0.29) is 5.56 Å². The monoisotopic (exact) mass is 284 g/mol. The quantitative estimate of drug-likeness (QED) is 0.574. The number of halogens is 6. The fourth-order valence-corrected chi connectivity index (χ4v) is 1.32. The van der Waals surface area contributed by atoms with E-state index in [1.807, 2.05) is 0 Å². The highest BCUT2D eigenvalue weighted by atomic mass is 19.4. The number of benzene rings is 1. The maximum absolute atomic E-state index is 13.4. The van der Waals surface area contributed by atoms with Crippen molar-refractivity contribution in [1.29, 1.82) is 0 Å². The highest BCUT2D eigenvalue weighted by molar-refractivity contribution is 5.21. The third kappa shape index (κ3) is 3.28. The normalized spacial score (nSPS) is 17.0. The van der Waals surface area contributed by atoms with Gasteiger partial charge in [-0.2, -0.15) is 17.6 Å². The topological polar surface area (TPSA) is 9.23 Å². The van der Waals surface area contributed by atoms with Crippen LogP contribution in [0.1, 0.15) is 11.7 Å². The Morgan fingerprint density at radius 3 is 1.95 bits per heavy atom. The van der Waals surface area contributed by atoms with Crippen LogP contribution in [0.15, 0.2) is 43.0 Å². The van der Waals surface area contributed by atoms with E-state index in [2.05, 4.69) is 11.3 Å². The molecular weight excluding hydrogens is 274 g/mol. The summed E-state index contributed by atoms with van der Waals surface area (Å²) in [6.45, 7) is 3.16. The summed E-state index contributed by atoms with van der Waals surface area (Å²) >= 11 is 0. The molecule has 1 rings (SSSR count). The van der Waals surface area contributed by atoms with Crippen molar-refractivity contribution in [2.24, 2.45) is 0 Å². The molecule has 7 heteroatoms. The second-order valence-electron chi connectivity index (χ2n) is 3.63. The van der Waals surface area contributed by atoms with Crippen LogP contribution in [0.4, 0.5) is 26.3 Å². The Morgan fingerprint density at radius 2 is 1.58 bits per heavy atom. The second-order valence-corrected chi connectivity index (χ2v) is 3.63. The summed E-state index contributed by atoms with van der Waals surface area (Å²) in [7, 11) is 0. The van der Waals surface area contributed by atoms with E-state index in [4.69, 9.17) is 0 Å². The first-order valence-corrected chi connectivity index (χ1v) is 5.11. The fraction of sp³-hybridized carbons (Fsp3) is 0.333. The van der Waals surface area contributed by atoms with Crippen molar-refractivity contribution in [1.82, 2.24) is 0 Å². The van der Waals surface area contributed by atoms with Crippen molar-refractivity contribution in [2.45, 2.75) is 24.6 Å². The first kappa shape index (κ1) is 15.6. The smallest absolute Gasteiger partial charge is 0.322 e. The van der Waals surface area contributed by atoms with Gasteiger partial charge < -0.3 is 4.74 Å². The van der Waals surface area contributed by atoms with Gasteiger partial charge in [-0.05, 0) is 5.56 Å². The van der Waals surface area contributed by atoms with Crippen molar-refractivity contribution in [3.8, 4) is 0 Å². The molecule has 0 bridgehead atoms. The zero-order valence-electron chi connectivity index (χ0n) is 9.50. The molecule has 2 atom stereocenters. The van der Waals surface area contributed by atoms with Crippen LogP contribution in [-0.2, 0) is 4.74 Å². The van der Waals surface area contributed by atoms with Gasteiger partial charge in [0.1, 0.15) is 6.10 Å². The van der Waals surface area contributed by atoms with Crippen LogP contribution in [0.2, 0.25) is 0 Å². The summed E-state index contributed by atoms with van der Waals surface area (Å²) in [4.78, 5) is 0. The molecule has 0 saturated heterocycles. The van der Waals surface area contributed by atoms with E-state index in [1.165, 1.54) is 24.3 Å². The Hall–Kier alpha value is -1.50. The summed E-state index contributed by atoms with van der Waals surface area (Å²) in [6, 6.07) is 7.09. The van der Waals surface area contributed by atoms with E-state index in [0.29, 0.717) is 0 Å². The molecule has 1 aromatic rings.